The summed E-state index contributed by atoms with van der Waals surface area (Å²) >= 11 is 0.593. The van der Waals surface area contributed by atoms with Crippen LogP contribution in [0.5, 0.6) is 11.9 Å². The van der Waals surface area contributed by atoms with Crippen molar-refractivity contribution >= 4 is 49.8 Å². The molecular formula is C38H41F7N6O6S. The van der Waals surface area contributed by atoms with Gasteiger partial charge in [-0.25, -0.2) is 32.1 Å². The van der Waals surface area contributed by atoms with Crippen LogP contribution in [0.3, 0.4) is 0 Å². The van der Waals surface area contributed by atoms with Crippen molar-refractivity contribution in [3.63, 3.8) is 0 Å². The molecule has 0 aliphatic carbocycles. The third-order valence-corrected chi connectivity index (χ3v) is 10.9. The lowest BCUT2D eigenvalue weighted by molar-refractivity contribution is -0.137. The summed E-state index contributed by atoms with van der Waals surface area (Å²) in [5.41, 5.74) is -6.82. The first-order chi connectivity index (χ1) is 27.0. The first-order valence-electron chi connectivity index (χ1n) is 18.5. The van der Waals surface area contributed by atoms with Crippen molar-refractivity contribution in [2.45, 2.75) is 102 Å². The molecule has 5 heterocycles. The van der Waals surface area contributed by atoms with Gasteiger partial charge in [-0.05, 0) is 79.1 Å². The van der Waals surface area contributed by atoms with E-state index < -0.39 is 123 Å². The van der Waals surface area contributed by atoms with Crippen LogP contribution in [0.25, 0.3) is 32.2 Å². The number of nitrogens with zero attached hydrogens (tertiary/aromatic N) is 5. The zero-order chi connectivity index (χ0) is 42.1. The Morgan fingerprint density at radius 3 is 2.38 bits per heavy atom. The lowest BCUT2D eigenvalue weighted by Gasteiger charge is -2.30. The Hall–Kier alpha value is -4.72. The molecule has 3 aliphatic rings. The number of thiazole rings is 1. The molecule has 3 aliphatic heterocycles. The maximum atomic E-state index is 17.1. The molecule has 1 N–H and O–H groups in total. The number of benzene rings is 2. The second-order valence-corrected chi connectivity index (χ2v) is 17.7. The summed E-state index contributed by atoms with van der Waals surface area (Å²) in [7, 11) is 0. The van der Waals surface area contributed by atoms with Crippen LogP contribution in [0.1, 0.15) is 66.4 Å². The molecule has 4 aromatic rings. The Morgan fingerprint density at radius 1 is 0.966 bits per heavy atom. The Labute approximate surface area is 332 Å². The van der Waals surface area contributed by atoms with Crippen LogP contribution in [0.2, 0.25) is 0 Å². The fourth-order valence-electron chi connectivity index (χ4n) is 7.55. The summed E-state index contributed by atoms with van der Waals surface area (Å²) in [5.74, 6) is -3.13. The Kier molecular flexibility index (Phi) is 10.6. The van der Waals surface area contributed by atoms with Crippen molar-refractivity contribution in [3.8, 4) is 23.0 Å². The monoisotopic (exact) mass is 842 g/mol. The van der Waals surface area contributed by atoms with E-state index in [9.17, 15) is 14.0 Å². The molecule has 0 unspecified atom stereocenters. The van der Waals surface area contributed by atoms with E-state index in [-0.39, 0.29) is 29.4 Å². The highest BCUT2D eigenvalue weighted by Crippen LogP contribution is 2.47. The molecule has 0 saturated carbocycles. The molecule has 2 aromatic carbocycles. The number of amides is 2. The minimum absolute atomic E-state index is 0.141. The molecular weight excluding hydrogens is 802 g/mol. The van der Waals surface area contributed by atoms with Gasteiger partial charge in [0.1, 0.15) is 35.3 Å². The number of ether oxygens (including phenoxy) is 4. The van der Waals surface area contributed by atoms with E-state index in [1.165, 1.54) is 0 Å². The van der Waals surface area contributed by atoms with E-state index >= 15 is 26.3 Å². The lowest BCUT2D eigenvalue weighted by atomic mass is 9.95. The highest BCUT2D eigenvalue weighted by atomic mass is 32.1. The summed E-state index contributed by atoms with van der Waals surface area (Å²) in [6.45, 7) is 9.42. The number of carbonyl (C=O) groups is 2. The van der Waals surface area contributed by atoms with Gasteiger partial charge in [0.15, 0.2) is 23.2 Å². The van der Waals surface area contributed by atoms with Crippen LogP contribution in [-0.4, -0.2) is 105 Å². The Bertz CT molecular complexity index is 2260. The van der Waals surface area contributed by atoms with Crippen molar-refractivity contribution in [2.24, 2.45) is 0 Å². The minimum Gasteiger partial charge on any atom is -0.469 e. The average molecular weight is 843 g/mol. The Morgan fingerprint density at radius 2 is 1.69 bits per heavy atom. The number of hydrogen-bond donors (Lipinski definition) is 1. The molecule has 20 heteroatoms. The maximum absolute atomic E-state index is 17.1. The van der Waals surface area contributed by atoms with Crippen LogP contribution in [0.15, 0.2) is 18.2 Å². The molecule has 12 nitrogen and oxygen atoms in total. The average Bonchev–Trinajstić information content (AvgIpc) is 3.85. The molecule has 3 saturated heterocycles. The molecule has 3 fully saturated rings. The van der Waals surface area contributed by atoms with E-state index in [2.05, 4.69) is 20.3 Å². The largest absolute Gasteiger partial charge is 0.469 e. The molecule has 2 amide bonds. The van der Waals surface area contributed by atoms with E-state index in [0.29, 0.717) is 30.4 Å². The molecule has 0 radical (unpaired) electrons. The van der Waals surface area contributed by atoms with Gasteiger partial charge >= 0.3 is 24.4 Å². The van der Waals surface area contributed by atoms with E-state index in [1.807, 2.05) is 4.90 Å². The Balaban J connectivity index is 1.35. The summed E-state index contributed by atoms with van der Waals surface area (Å²) in [4.78, 5) is 40.7. The number of anilines is 1. The SMILES string of the molecule is CC(C)(C)OC(=O)Nc1nc2c(-c3c(C(F)(F)F)cc4c(O[C@H]5CN(C(=O)OC(C)(C)C)C[C@@H]5F)nc(OC[C@@]56CCCN5C[C@H](F)C6)nc4c3F)ccc(F)c2s1. The lowest BCUT2D eigenvalue weighted by Crippen LogP contribution is -2.43. The van der Waals surface area contributed by atoms with Gasteiger partial charge in [0, 0.05) is 24.1 Å². The number of aromatic nitrogens is 3. The smallest absolute Gasteiger partial charge is 0.417 e. The molecule has 2 aromatic heterocycles. The fourth-order valence-corrected chi connectivity index (χ4v) is 8.44. The zero-order valence-electron chi connectivity index (χ0n) is 32.4. The van der Waals surface area contributed by atoms with Crippen LogP contribution in [0.4, 0.5) is 45.5 Å². The van der Waals surface area contributed by atoms with Crippen LogP contribution < -0.4 is 14.8 Å². The van der Waals surface area contributed by atoms with Gasteiger partial charge in [-0.15, -0.1) is 0 Å². The molecule has 58 heavy (non-hydrogen) atoms. The van der Waals surface area contributed by atoms with Gasteiger partial charge in [0.05, 0.1) is 39.8 Å². The minimum atomic E-state index is -5.26. The first kappa shape index (κ1) is 41.4. The number of likely N-dealkylation sites (tertiary alicyclic amines) is 1. The van der Waals surface area contributed by atoms with Crippen molar-refractivity contribution in [1.82, 2.24) is 24.8 Å². The quantitative estimate of drug-likeness (QED) is 0.180. The van der Waals surface area contributed by atoms with Crippen LogP contribution in [0, 0.1) is 11.6 Å². The maximum Gasteiger partial charge on any atom is 0.417 e. The standard InChI is InChI=1S/C38H41F7N6O6S/c1-35(2,3)56-33(52)49-32-47-28-19(8-9-22(40)29(28)58-32)25-21(38(43,44)45)12-20-27(26(25)42)46-31(54-17-37-10-7-11-51(37)14-18(39)13-37)48-30(20)55-24-16-50(15-23(24)41)34(53)57-36(4,5)6/h8-9,12,18,23-24H,7,10-11,13-17H2,1-6H3,(H,47,49,52)/t18-,23+,24+,37+/m1/s1. The van der Waals surface area contributed by atoms with Crippen molar-refractivity contribution < 1.29 is 59.3 Å². The number of hydrogen-bond acceptors (Lipinski definition) is 11. The van der Waals surface area contributed by atoms with Gasteiger partial charge in [-0.2, -0.15) is 23.1 Å². The van der Waals surface area contributed by atoms with E-state index in [1.54, 1.807) is 41.5 Å². The molecule has 4 atom stereocenters. The number of nitrogens with one attached hydrogen (secondary N) is 1. The molecule has 0 bridgehead atoms. The molecule has 314 valence electrons. The number of carbonyl (C=O) groups excluding carboxylic acids is 2. The number of fused-ring (bicyclic) bond motifs is 3. The molecule has 0 spiro atoms. The molecule has 7 rings (SSSR count). The van der Waals surface area contributed by atoms with Gasteiger partial charge < -0.3 is 23.8 Å². The highest BCUT2D eigenvalue weighted by Gasteiger charge is 2.50. The highest BCUT2D eigenvalue weighted by molar-refractivity contribution is 7.22. The van der Waals surface area contributed by atoms with Crippen molar-refractivity contribution in [1.29, 1.82) is 0 Å². The summed E-state index contributed by atoms with van der Waals surface area (Å²) in [6, 6.07) is 1.74. The van der Waals surface area contributed by atoms with E-state index in [0.717, 1.165) is 23.5 Å². The summed E-state index contributed by atoms with van der Waals surface area (Å²) in [5, 5.41) is 1.48. The van der Waals surface area contributed by atoms with Crippen LogP contribution >= 0.6 is 11.3 Å². The number of rotatable bonds is 7. The topological polar surface area (TPSA) is 128 Å². The van der Waals surface area contributed by atoms with E-state index in [4.69, 9.17) is 18.9 Å². The second kappa shape index (κ2) is 14.8. The predicted molar refractivity (Wildman–Crippen MR) is 199 cm³/mol. The van der Waals surface area contributed by atoms with Crippen molar-refractivity contribution in [3.05, 3.63) is 35.4 Å². The van der Waals surface area contributed by atoms with Gasteiger partial charge in [-0.1, -0.05) is 11.3 Å². The second-order valence-electron chi connectivity index (χ2n) is 16.7. The number of halogens is 7. The van der Waals surface area contributed by atoms with Crippen molar-refractivity contribution in [2.75, 3.05) is 38.1 Å². The van der Waals surface area contributed by atoms with Gasteiger partial charge in [-0.3, -0.25) is 10.2 Å². The normalized spacial score (nSPS) is 22.8. The first-order valence-corrected chi connectivity index (χ1v) is 19.3. The predicted octanol–water partition coefficient (Wildman–Crippen LogP) is 8.84. The third kappa shape index (κ3) is 8.39. The van der Waals surface area contributed by atoms with Gasteiger partial charge in [0.25, 0.3) is 0 Å². The third-order valence-electron chi connectivity index (χ3n) is 9.90. The fraction of sp³-hybridized carbons (Fsp3) is 0.553. The van der Waals surface area contributed by atoms with Gasteiger partial charge in [0.2, 0.25) is 5.88 Å². The number of alkyl halides is 5. The zero-order valence-corrected chi connectivity index (χ0v) is 33.2. The summed E-state index contributed by atoms with van der Waals surface area (Å²) in [6.07, 6.45) is -10.1. The van der Waals surface area contributed by atoms with Crippen LogP contribution in [-0.2, 0) is 15.7 Å². The summed E-state index contributed by atoms with van der Waals surface area (Å²) < 4.78 is 130.